The molecular weight excluding hydrogens is 470 g/mol. The summed E-state index contributed by atoms with van der Waals surface area (Å²) in [6.07, 6.45) is -4.66. The first kappa shape index (κ1) is 23.1. The van der Waals surface area contributed by atoms with Gasteiger partial charge in [0.25, 0.3) is 5.91 Å². The minimum absolute atomic E-state index is 0.203. The van der Waals surface area contributed by atoms with Gasteiger partial charge < -0.3 is 4.90 Å². The van der Waals surface area contributed by atoms with Gasteiger partial charge in [-0.1, -0.05) is 24.3 Å². The molecule has 0 aliphatic heterocycles. The maximum atomic E-state index is 13.8. The highest BCUT2D eigenvalue weighted by molar-refractivity contribution is 7.13. The van der Waals surface area contributed by atoms with E-state index in [0.29, 0.717) is 20.9 Å². The van der Waals surface area contributed by atoms with Crippen LogP contribution in [0, 0.1) is 17.1 Å². The Morgan fingerprint density at radius 3 is 2.50 bits per heavy atom. The fourth-order valence-corrected chi connectivity index (χ4v) is 3.92. The van der Waals surface area contributed by atoms with Crippen molar-refractivity contribution in [3.8, 4) is 22.5 Å². The lowest BCUT2D eigenvalue weighted by molar-refractivity contribution is -0.141. The Kier molecular flexibility index (Phi) is 6.43. The second-order valence-electron chi connectivity index (χ2n) is 7.21. The van der Waals surface area contributed by atoms with Crippen molar-refractivity contribution in [3.05, 3.63) is 88.8 Å². The first-order valence-electron chi connectivity index (χ1n) is 9.85. The van der Waals surface area contributed by atoms with E-state index in [0.717, 1.165) is 0 Å². The van der Waals surface area contributed by atoms with Crippen molar-refractivity contribution in [2.45, 2.75) is 12.7 Å². The Balaban J connectivity index is 1.73. The van der Waals surface area contributed by atoms with Gasteiger partial charge in [0, 0.05) is 6.54 Å². The number of carbonyl (C=O) groups excluding carboxylic acids is 1. The van der Waals surface area contributed by atoms with E-state index in [-0.39, 0.29) is 18.1 Å². The normalized spacial score (nSPS) is 11.3. The van der Waals surface area contributed by atoms with Gasteiger partial charge in [-0.3, -0.25) is 4.79 Å². The highest BCUT2D eigenvalue weighted by atomic mass is 32.1. The topological polar surface area (TPSA) is 74.8 Å². The molecular formula is C23H15F4N5OS. The number of rotatable bonds is 6. The summed E-state index contributed by atoms with van der Waals surface area (Å²) < 4.78 is 54.9. The van der Waals surface area contributed by atoms with Crippen LogP contribution in [-0.2, 0) is 6.54 Å². The van der Waals surface area contributed by atoms with E-state index < -0.39 is 30.3 Å². The SMILES string of the molecule is N#Cc1ccc(CN(CC(F)(F)F)C(=O)c2nc(-c3cccs3)n(-c3cccc(F)c3)n2)cc1. The van der Waals surface area contributed by atoms with Crippen LogP contribution in [0.5, 0.6) is 0 Å². The minimum atomic E-state index is -4.66. The maximum absolute atomic E-state index is 13.8. The molecule has 2 heterocycles. The molecule has 4 rings (SSSR count). The van der Waals surface area contributed by atoms with Crippen LogP contribution in [0.4, 0.5) is 17.6 Å². The summed E-state index contributed by atoms with van der Waals surface area (Å²) in [5.74, 6) is -1.83. The molecule has 172 valence electrons. The number of nitrogens with zero attached hydrogens (tertiary/aromatic N) is 5. The molecule has 0 aliphatic rings. The zero-order valence-corrected chi connectivity index (χ0v) is 18.1. The summed E-state index contributed by atoms with van der Waals surface area (Å²) in [6, 6.07) is 16.7. The van der Waals surface area contributed by atoms with Crippen molar-refractivity contribution in [2.24, 2.45) is 0 Å². The summed E-state index contributed by atoms with van der Waals surface area (Å²) in [5.41, 5.74) is 1.01. The summed E-state index contributed by atoms with van der Waals surface area (Å²) in [4.78, 5) is 18.6. The number of amides is 1. The first-order chi connectivity index (χ1) is 16.2. The highest BCUT2D eigenvalue weighted by Crippen LogP contribution is 2.27. The molecule has 0 aliphatic carbocycles. The number of nitriles is 1. The molecule has 1 amide bonds. The lowest BCUT2D eigenvalue weighted by atomic mass is 10.1. The molecule has 4 aromatic rings. The van der Waals surface area contributed by atoms with E-state index >= 15 is 0 Å². The lowest BCUT2D eigenvalue weighted by Crippen LogP contribution is -2.39. The molecule has 0 N–H and O–H groups in total. The molecule has 34 heavy (non-hydrogen) atoms. The number of hydrogen-bond donors (Lipinski definition) is 0. The Morgan fingerprint density at radius 1 is 1.12 bits per heavy atom. The Morgan fingerprint density at radius 2 is 1.88 bits per heavy atom. The number of thiophene rings is 1. The molecule has 0 saturated carbocycles. The predicted molar refractivity (Wildman–Crippen MR) is 117 cm³/mol. The smallest absolute Gasteiger partial charge is 0.322 e. The minimum Gasteiger partial charge on any atom is -0.322 e. The molecule has 2 aromatic carbocycles. The average Bonchev–Trinajstić information content (AvgIpc) is 3.48. The standard InChI is InChI=1S/C23H15F4N5OS/c24-17-3-1-4-18(11-17)32-21(19-5-2-10-34-19)29-20(30-32)22(33)31(14-23(25,26)27)13-16-8-6-15(12-28)7-9-16/h1-11H,13-14H2. The molecule has 0 spiro atoms. The van der Waals surface area contributed by atoms with Gasteiger partial charge in [0.15, 0.2) is 5.82 Å². The molecule has 0 atom stereocenters. The van der Waals surface area contributed by atoms with Gasteiger partial charge in [-0.05, 0) is 47.3 Å². The molecule has 6 nitrogen and oxygen atoms in total. The van der Waals surface area contributed by atoms with E-state index in [4.69, 9.17) is 5.26 Å². The van der Waals surface area contributed by atoms with Gasteiger partial charge in [-0.2, -0.15) is 18.4 Å². The largest absolute Gasteiger partial charge is 0.406 e. The molecule has 0 saturated heterocycles. The van der Waals surface area contributed by atoms with Crippen LogP contribution in [0.1, 0.15) is 21.7 Å². The fourth-order valence-electron chi connectivity index (χ4n) is 3.22. The number of carbonyl (C=O) groups is 1. The van der Waals surface area contributed by atoms with Gasteiger partial charge in [0.2, 0.25) is 5.82 Å². The van der Waals surface area contributed by atoms with Crippen LogP contribution >= 0.6 is 11.3 Å². The zero-order valence-electron chi connectivity index (χ0n) is 17.3. The maximum Gasteiger partial charge on any atom is 0.406 e. The van der Waals surface area contributed by atoms with E-state index in [1.807, 2.05) is 6.07 Å². The lowest BCUT2D eigenvalue weighted by Gasteiger charge is -2.22. The van der Waals surface area contributed by atoms with Crippen molar-refractivity contribution in [3.63, 3.8) is 0 Å². The van der Waals surface area contributed by atoms with Gasteiger partial charge in [-0.15, -0.1) is 16.4 Å². The van der Waals surface area contributed by atoms with Crippen molar-refractivity contribution >= 4 is 17.2 Å². The zero-order chi connectivity index (χ0) is 24.3. The number of benzene rings is 2. The van der Waals surface area contributed by atoms with Gasteiger partial charge in [-0.25, -0.2) is 14.1 Å². The summed E-state index contributed by atoms with van der Waals surface area (Å²) in [6.45, 7) is -1.89. The van der Waals surface area contributed by atoms with E-state index in [1.165, 1.54) is 58.5 Å². The van der Waals surface area contributed by atoms with Crippen LogP contribution in [0.2, 0.25) is 0 Å². The number of alkyl halides is 3. The molecule has 11 heteroatoms. The third kappa shape index (κ3) is 5.29. The average molecular weight is 485 g/mol. The van der Waals surface area contributed by atoms with Gasteiger partial charge in [0.1, 0.15) is 12.4 Å². The van der Waals surface area contributed by atoms with Gasteiger partial charge in [0.05, 0.1) is 22.2 Å². The first-order valence-corrected chi connectivity index (χ1v) is 10.7. The summed E-state index contributed by atoms with van der Waals surface area (Å²) >= 11 is 1.29. The predicted octanol–water partition coefficient (Wildman–Crippen LogP) is 5.21. The Labute approximate surface area is 195 Å². The van der Waals surface area contributed by atoms with Crippen LogP contribution in [0.25, 0.3) is 16.4 Å². The number of aromatic nitrogens is 3. The Hall–Kier alpha value is -4.04. The van der Waals surface area contributed by atoms with Crippen molar-refractivity contribution in [1.29, 1.82) is 5.26 Å². The molecule has 0 bridgehead atoms. The number of hydrogen-bond acceptors (Lipinski definition) is 5. The van der Waals surface area contributed by atoms with E-state index in [1.54, 1.807) is 23.6 Å². The van der Waals surface area contributed by atoms with Crippen molar-refractivity contribution < 1.29 is 22.4 Å². The third-order valence-corrected chi connectivity index (χ3v) is 5.57. The molecule has 2 aromatic heterocycles. The van der Waals surface area contributed by atoms with Crippen LogP contribution in [0.15, 0.2) is 66.0 Å². The van der Waals surface area contributed by atoms with E-state index in [9.17, 15) is 22.4 Å². The second kappa shape index (κ2) is 9.44. The summed E-state index contributed by atoms with van der Waals surface area (Å²) in [5, 5.41) is 14.8. The number of halogens is 4. The van der Waals surface area contributed by atoms with Crippen molar-refractivity contribution in [1.82, 2.24) is 19.7 Å². The molecule has 0 unspecified atom stereocenters. The van der Waals surface area contributed by atoms with Crippen LogP contribution in [-0.4, -0.2) is 38.3 Å². The Bertz CT molecular complexity index is 1340. The second-order valence-corrected chi connectivity index (χ2v) is 8.16. The third-order valence-electron chi connectivity index (χ3n) is 4.71. The van der Waals surface area contributed by atoms with Crippen LogP contribution in [0.3, 0.4) is 0 Å². The van der Waals surface area contributed by atoms with Gasteiger partial charge >= 0.3 is 6.18 Å². The monoisotopic (exact) mass is 485 g/mol. The van der Waals surface area contributed by atoms with Crippen LogP contribution < -0.4 is 0 Å². The fraction of sp³-hybridized carbons (Fsp3) is 0.130. The quantitative estimate of drug-likeness (QED) is 0.352. The highest BCUT2D eigenvalue weighted by Gasteiger charge is 2.35. The van der Waals surface area contributed by atoms with E-state index in [2.05, 4.69) is 10.1 Å². The summed E-state index contributed by atoms with van der Waals surface area (Å²) in [7, 11) is 0. The molecule has 0 fully saturated rings. The van der Waals surface area contributed by atoms with Crippen molar-refractivity contribution in [2.75, 3.05) is 6.54 Å². The molecule has 0 radical (unpaired) electrons.